The van der Waals surface area contributed by atoms with E-state index in [0.29, 0.717) is 11.4 Å². The van der Waals surface area contributed by atoms with E-state index in [1.165, 1.54) is 7.05 Å². The van der Waals surface area contributed by atoms with Gasteiger partial charge in [-0.3, -0.25) is 0 Å². The monoisotopic (exact) mass is 374 g/mol. The van der Waals surface area contributed by atoms with Gasteiger partial charge in [-0.05, 0) is 64.6 Å². The summed E-state index contributed by atoms with van der Waals surface area (Å²) in [5.41, 5.74) is 2.66. The van der Waals surface area contributed by atoms with Crippen LogP contribution < -0.4 is 10.0 Å². The molecule has 2 aromatic rings. The van der Waals surface area contributed by atoms with Crippen LogP contribution in [0.1, 0.15) is 11.1 Å². The Balaban J connectivity index is 2.19. The van der Waals surface area contributed by atoms with Gasteiger partial charge in [0, 0.05) is 12.2 Å². The number of aryl methyl sites for hydroxylation is 1. The van der Waals surface area contributed by atoms with Crippen LogP contribution in [-0.2, 0) is 16.6 Å². The quantitative estimate of drug-likeness (QED) is 0.843. The Bertz CT molecular complexity index is 711. The van der Waals surface area contributed by atoms with Gasteiger partial charge in [0.1, 0.15) is 0 Å². The van der Waals surface area contributed by atoms with E-state index in [-0.39, 0.29) is 0 Å². The fourth-order valence-electron chi connectivity index (χ4n) is 1.75. The lowest BCUT2D eigenvalue weighted by atomic mass is 10.2. The second-order valence-electron chi connectivity index (χ2n) is 4.30. The zero-order valence-electron chi connectivity index (χ0n) is 11.1. The van der Waals surface area contributed by atoms with Crippen LogP contribution in [0.2, 0.25) is 0 Å². The number of rotatable bonds is 5. The predicted octanol–water partition coefficient (Wildman–Crippen LogP) is 3.34. The summed E-state index contributed by atoms with van der Waals surface area (Å²) >= 11 is 5.04. The van der Waals surface area contributed by atoms with Crippen LogP contribution in [0, 0.1) is 6.92 Å². The van der Waals surface area contributed by atoms with Gasteiger partial charge >= 0.3 is 0 Å². The van der Waals surface area contributed by atoms with E-state index in [0.717, 1.165) is 20.6 Å². The van der Waals surface area contributed by atoms with Crippen molar-refractivity contribution in [1.82, 2.24) is 4.72 Å². The lowest BCUT2D eigenvalue weighted by Crippen LogP contribution is -2.19. The van der Waals surface area contributed by atoms with Crippen LogP contribution in [0.3, 0.4) is 0 Å². The lowest BCUT2D eigenvalue weighted by molar-refractivity contribution is 0.587. The fourth-order valence-corrected chi connectivity index (χ4v) is 3.96. The first-order valence-corrected chi connectivity index (χ1v) is 9.09. The van der Waals surface area contributed by atoms with Gasteiger partial charge in [0.2, 0.25) is 10.0 Å². The first kappa shape index (κ1) is 15.5. The normalized spacial score (nSPS) is 11.6. The maximum Gasteiger partial charge on any atom is 0.240 e. The van der Waals surface area contributed by atoms with Crippen LogP contribution in [0.25, 0.3) is 0 Å². The molecule has 0 aliphatic heterocycles. The molecule has 4 nitrogen and oxygen atoms in total. The van der Waals surface area contributed by atoms with Gasteiger partial charge in [-0.2, -0.15) is 0 Å². The smallest absolute Gasteiger partial charge is 0.240 e. The van der Waals surface area contributed by atoms with Crippen molar-refractivity contribution in [2.75, 3.05) is 12.4 Å². The highest BCUT2D eigenvalue weighted by atomic mass is 79.9. The Morgan fingerprint density at radius 2 is 2.05 bits per heavy atom. The summed E-state index contributed by atoms with van der Waals surface area (Å²) in [5, 5.41) is 5.28. The Hall–Kier alpha value is -0.890. The molecule has 0 aliphatic carbocycles. The molecule has 1 aromatic heterocycles. The fraction of sp³-hybridized carbons (Fsp3) is 0.231. The minimum Gasteiger partial charge on any atom is -0.381 e. The van der Waals surface area contributed by atoms with Gasteiger partial charge in [0.05, 0.1) is 8.68 Å². The molecule has 0 bridgehead atoms. The molecule has 0 atom stereocenters. The molecule has 7 heteroatoms. The second kappa shape index (κ2) is 6.26. The number of nitrogens with one attached hydrogen (secondary N) is 2. The third kappa shape index (κ3) is 3.60. The first-order chi connectivity index (χ1) is 9.42. The molecular weight excluding hydrogens is 360 g/mol. The van der Waals surface area contributed by atoms with Gasteiger partial charge in [-0.1, -0.05) is 6.07 Å². The molecular formula is C13H15BrN2O2S2. The topological polar surface area (TPSA) is 58.2 Å². The van der Waals surface area contributed by atoms with E-state index in [2.05, 4.69) is 31.3 Å². The molecule has 0 unspecified atom stereocenters. The van der Waals surface area contributed by atoms with E-state index in [1.807, 2.05) is 12.1 Å². The van der Waals surface area contributed by atoms with E-state index >= 15 is 0 Å². The lowest BCUT2D eigenvalue weighted by Gasteiger charge is -2.10. The van der Waals surface area contributed by atoms with Crippen molar-refractivity contribution in [2.24, 2.45) is 0 Å². The average Bonchev–Trinajstić information content (AvgIpc) is 2.83. The molecule has 2 N–H and O–H groups in total. The standard InChI is InChI=1S/C13H15BrN2O2S2/c1-9-3-4-11(6-12(9)20(17,18)15-2)16-7-10-5-13(14)19-8-10/h3-6,8,15-16H,7H2,1-2H3. The van der Waals surface area contributed by atoms with Crippen LogP contribution in [0.4, 0.5) is 5.69 Å². The van der Waals surface area contributed by atoms with Gasteiger partial charge in [0.15, 0.2) is 0 Å². The number of thiophene rings is 1. The van der Waals surface area contributed by atoms with E-state index in [1.54, 1.807) is 30.4 Å². The molecule has 0 aliphatic rings. The Morgan fingerprint density at radius 1 is 1.30 bits per heavy atom. The number of benzene rings is 1. The Kier molecular flexibility index (Phi) is 4.85. The number of anilines is 1. The molecule has 0 amide bonds. The Morgan fingerprint density at radius 3 is 2.65 bits per heavy atom. The summed E-state index contributed by atoms with van der Waals surface area (Å²) in [6, 6.07) is 7.38. The van der Waals surface area contributed by atoms with Crippen molar-refractivity contribution < 1.29 is 8.42 Å². The molecule has 0 spiro atoms. The highest BCUT2D eigenvalue weighted by molar-refractivity contribution is 9.11. The van der Waals surface area contributed by atoms with Crippen molar-refractivity contribution in [3.05, 3.63) is 44.6 Å². The average molecular weight is 375 g/mol. The summed E-state index contributed by atoms with van der Waals surface area (Å²) in [6.45, 7) is 2.44. The summed E-state index contributed by atoms with van der Waals surface area (Å²) < 4.78 is 27.2. The van der Waals surface area contributed by atoms with Gasteiger partial charge in [-0.15, -0.1) is 11.3 Å². The molecule has 2 rings (SSSR count). The van der Waals surface area contributed by atoms with Crippen LogP contribution in [-0.4, -0.2) is 15.5 Å². The van der Waals surface area contributed by atoms with Crippen molar-refractivity contribution >= 4 is 43.0 Å². The molecule has 0 fully saturated rings. The van der Waals surface area contributed by atoms with Crippen LogP contribution in [0.5, 0.6) is 0 Å². The summed E-state index contributed by atoms with van der Waals surface area (Å²) in [4.78, 5) is 0.302. The highest BCUT2D eigenvalue weighted by Crippen LogP contribution is 2.23. The molecule has 0 saturated heterocycles. The third-order valence-corrected chi connectivity index (χ3v) is 5.97. The highest BCUT2D eigenvalue weighted by Gasteiger charge is 2.14. The molecule has 1 aromatic carbocycles. The maximum absolute atomic E-state index is 11.9. The van der Waals surface area contributed by atoms with E-state index in [9.17, 15) is 8.42 Å². The number of sulfonamides is 1. The van der Waals surface area contributed by atoms with E-state index < -0.39 is 10.0 Å². The largest absolute Gasteiger partial charge is 0.381 e. The summed E-state index contributed by atoms with van der Waals surface area (Å²) in [6.07, 6.45) is 0. The molecule has 0 radical (unpaired) electrons. The zero-order valence-corrected chi connectivity index (χ0v) is 14.3. The minimum absolute atomic E-state index is 0.302. The first-order valence-electron chi connectivity index (χ1n) is 5.93. The van der Waals surface area contributed by atoms with Crippen molar-refractivity contribution in [1.29, 1.82) is 0 Å². The summed E-state index contributed by atoms with van der Waals surface area (Å²) in [5.74, 6) is 0. The van der Waals surface area contributed by atoms with Crippen molar-refractivity contribution in [3.63, 3.8) is 0 Å². The van der Waals surface area contributed by atoms with Crippen LogP contribution in [0.15, 0.2) is 38.3 Å². The molecule has 1 heterocycles. The number of hydrogen-bond donors (Lipinski definition) is 2. The number of halogens is 1. The Labute approximate surface area is 131 Å². The maximum atomic E-state index is 11.9. The van der Waals surface area contributed by atoms with Gasteiger partial charge in [-0.25, -0.2) is 13.1 Å². The zero-order chi connectivity index (χ0) is 14.8. The van der Waals surface area contributed by atoms with Gasteiger partial charge in [0.25, 0.3) is 0 Å². The van der Waals surface area contributed by atoms with E-state index in [4.69, 9.17) is 0 Å². The SMILES string of the molecule is CNS(=O)(=O)c1cc(NCc2csc(Br)c2)ccc1C. The van der Waals surface area contributed by atoms with Crippen LogP contribution >= 0.6 is 27.3 Å². The van der Waals surface area contributed by atoms with Gasteiger partial charge < -0.3 is 5.32 Å². The molecule has 108 valence electrons. The predicted molar refractivity (Wildman–Crippen MR) is 86.8 cm³/mol. The second-order valence-corrected chi connectivity index (χ2v) is 8.45. The summed E-state index contributed by atoms with van der Waals surface area (Å²) in [7, 11) is -2.01. The number of hydrogen-bond acceptors (Lipinski definition) is 4. The third-order valence-electron chi connectivity index (χ3n) is 2.86. The minimum atomic E-state index is -3.43. The van der Waals surface area contributed by atoms with Crippen molar-refractivity contribution in [2.45, 2.75) is 18.4 Å². The molecule has 20 heavy (non-hydrogen) atoms. The van der Waals surface area contributed by atoms with Crippen molar-refractivity contribution in [3.8, 4) is 0 Å². The molecule has 0 saturated carbocycles.